The molecule has 0 atom stereocenters. The summed E-state index contributed by atoms with van der Waals surface area (Å²) in [5.41, 5.74) is 0. The molecule has 1 fully saturated rings. The Hall–Kier alpha value is -0.570. The van der Waals surface area contributed by atoms with Gasteiger partial charge in [0.25, 0.3) is 0 Å². The lowest BCUT2D eigenvalue weighted by molar-refractivity contribution is -0.135. The van der Waals surface area contributed by atoms with Gasteiger partial charge in [-0.2, -0.15) is 0 Å². The number of likely N-dealkylation sites (N-methyl/N-ethyl adjacent to an activating group) is 1. The van der Waals surface area contributed by atoms with Crippen molar-refractivity contribution in [3.8, 4) is 0 Å². The Bertz CT molecular complexity index is 162. The van der Waals surface area contributed by atoms with Crippen molar-refractivity contribution in [1.29, 1.82) is 0 Å². The Morgan fingerprint density at radius 1 is 1.31 bits per heavy atom. The molecule has 0 aromatic rings. The third-order valence-corrected chi connectivity index (χ3v) is 2.90. The molecule has 1 N–H and O–H groups in total. The van der Waals surface area contributed by atoms with Crippen molar-refractivity contribution in [2.75, 3.05) is 13.7 Å². The zero-order chi connectivity index (χ0) is 9.68. The van der Waals surface area contributed by atoms with E-state index in [-0.39, 0.29) is 12.5 Å². The molecule has 0 bridgehead atoms. The molecule has 0 unspecified atom stereocenters. The fraction of sp³-hybridized carbons (Fsp3) is 0.900. The van der Waals surface area contributed by atoms with Gasteiger partial charge in [-0.05, 0) is 12.8 Å². The number of aliphatic hydroxyl groups is 1. The number of aliphatic hydroxyl groups excluding tert-OH is 1. The zero-order valence-electron chi connectivity index (χ0n) is 8.33. The van der Waals surface area contributed by atoms with Crippen molar-refractivity contribution in [3.05, 3.63) is 0 Å². The number of nitrogens with zero attached hydrogens (tertiary/aromatic N) is 1. The van der Waals surface area contributed by atoms with Crippen LogP contribution in [-0.4, -0.2) is 35.6 Å². The SMILES string of the molecule is CN(C(=O)CO)C1CCCCCC1. The van der Waals surface area contributed by atoms with Crippen LogP contribution in [0.2, 0.25) is 0 Å². The highest BCUT2D eigenvalue weighted by Gasteiger charge is 2.19. The minimum atomic E-state index is -0.354. The van der Waals surface area contributed by atoms with E-state index in [4.69, 9.17) is 5.11 Å². The summed E-state index contributed by atoms with van der Waals surface area (Å²) in [6.45, 7) is -0.354. The van der Waals surface area contributed by atoms with Crippen molar-refractivity contribution in [3.63, 3.8) is 0 Å². The first-order chi connectivity index (χ1) is 6.25. The summed E-state index contributed by atoms with van der Waals surface area (Å²) in [6.07, 6.45) is 7.21. The van der Waals surface area contributed by atoms with E-state index in [0.29, 0.717) is 6.04 Å². The number of hydrogen-bond acceptors (Lipinski definition) is 2. The Balaban J connectivity index is 2.43. The molecule has 3 nitrogen and oxygen atoms in total. The summed E-state index contributed by atoms with van der Waals surface area (Å²) < 4.78 is 0. The van der Waals surface area contributed by atoms with Gasteiger partial charge in [-0.15, -0.1) is 0 Å². The van der Waals surface area contributed by atoms with Gasteiger partial charge in [-0.1, -0.05) is 25.7 Å². The number of rotatable bonds is 2. The van der Waals surface area contributed by atoms with Crippen LogP contribution in [0.4, 0.5) is 0 Å². The van der Waals surface area contributed by atoms with Gasteiger partial charge < -0.3 is 10.0 Å². The second-order valence-corrected chi connectivity index (χ2v) is 3.81. The highest BCUT2D eigenvalue weighted by Crippen LogP contribution is 2.20. The smallest absolute Gasteiger partial charge is 0.248 e. The van der Waals surface area contributed by atoms with Crippen LogP contribution in [0.15, 0.2) is 0 Å². The second-order valence-electron chi connectivity index (χ2n) is 3.81. The number of carbonyl (C=O) groups is 1. The third kappa shape index (κ3) is 2.99. The van der Waals surface area contributed by atoms with Gasteiger partial charge in [-0.25, -0.2) is 0 Å². The molecule has 1 aliphatic rings. The minimum absolute atomic E-state index is 0.146. The lowest BCUT2D eigenvalue weighted by atomic mass is 10.1. The Labute approximate surface area is 79.7 Å². The van der Waals surface area contributed by atoms with Crippen LogP contribution in [0.5, 0.6) is 0 Å². The first-order valence-electron chi connectivity index (χ1n) is 5.12. The fourth-order valence-corrected chi connectivity index (χ4v) is 1.96. The van der Waals surface area contributed by atoms with E-state index in [0.717, 1.165) is 12.8 Å². The molecule has 0 saturated heterocycles. The van der Waals surface area contributed by atoms with Crippen LogP contribution in [0.1, 0.15) is 38.5 Å². The van der Waals surface area contributed by atoms with Gasteiger partial charge in [-0.3, -0.25) is 4.79 Å². The van der Waals surface area contributed by atoms with E-state index in [1.165, 1.54) is 25.7 Å². The van der Waals surface area contributed by atoms with E-state index < -0.39 is 0 Å². The Morgan fingerprint density at radius 3 is 2.31 bits per heavy atom. The molecular formula is C10H19NO2. The van der Waals surface area contributed by atoms with Crippen LogP contribution < -0.4 is 0 Å². The van der Waals surface area contributed by atoms with Crippen molar-refractivity contribution >= 4 is 5.91 Å². The van der Waals surface area contributed by atoms with E-state index >= 15 is 0 Å². The fourth-order valence-electron chi connectivity index (χ4n) is 1.96. The van der Waals surface area contributed by atoms with E-state index in [1.54, 1.807) is 11.9 Å². The quantitative estimate of drug-likeness (QED) is 0.656. The molecule has 0 spiro atoms. The zero-order valence-corrected chi connectivity index (χ0v) is 8.33. The number of hydrogen-bond donors (Lipinski definition) is 1. The molecule has 3 heteroatoms. The van der Waals surface area contributed by atoms with Crippen LogP contribution in [0.3, 0.4) is 0 Å². The number of carbonyl (C=O) groups excluding carboxylic acids is 1. The molecule has 0 aromatic carbocycles. The Morgan fingerprint density at radius 2 is 1.85 bits per heavy atom. The van der Waals surface area contributed by atoms with Crippen LogP contribution in [0.25, 0.3) is 0 Å². The summed E-state index contributed by atoms with van der Waals surface area (Å²) in [4.78, 5) is 12.9. The van der Waals surface area contributed by atoms with Gasteiger partial charge in [0, 0.05) is 13.1 Å². The van der Waals surface area contributed by atoms with Crippen molar-refractivity contribution in [1.82, 2.24) is 4.90 Å². The average Bonchev–Trinajstić information content (AvgIpc) is 2.43. The molecule has 0 heterocycles. The first kappa shape index (κ1) is 10.5. The summed E-state index contributed by atoms with van der Waals surface area (Å²) in [5, 5.41) is 8.71. The van der Waals surface area contributed by atoms with Gasteiger partial charge >= 0.3 is 0 Å². The monoisotopic (exact) mass is 185 g/mol. The molecule has 1 aliphatic carbocycles. The molecular weight excluding hydrogens is 166 g/mol. The van der Waals surface area contributed by atoms with Gasteiger partial charge in [0.05, 0.1) is 0 Å². The topological polar surface area (TPSA) is 40.5 Å². The van der Waals surface area contributed by atoms with Gasteiger partial charge in [0.1, 0.15) is 6.61 Å². The maximum absolute atomic E-state index is 11.2. The van der Waals surface area contributed by atoms with Crippen molar-refractivity contribution in [2.24, 2.45) is 0 Å². The molecule has 1 amide bonds. The molecule has 1 rings (SSSR count). The molecule has 13 heavy (non-hydrogen) atoms. The molecule has 0 aromatic heterocycles. The third-order valence-electron chi connectivity index (χ3n) is 2.90. The molecule has 0 radical (unpaired) electrons. The largest absolute Gasteiger partial charge is 0.387 e. The van der Waals surface area contributed by atoms with Crippen LogP contribution in [0, 0.1) is 0 Å². The second kappa shape index (κ2) is 5.22. The summed E-state index contributed by atoms with van der Waals surface area (Å²) in [6, 6.07) is 0.363. The van der Waals surface area contributed by atoms with Gasteiger partial charge in [0.2, 0.25) is 5.91 Å². The molecule has 0 aliphatic heterocycles. The number of amides is 1. The summed E-state index contributed by atoms with van der Waals surface area (Å²) in [5.74, 6) is -0.146. The molecule has 1 saturated carbocycles. The Kier molecular flexibility index (Phi) is 4.22. The predicted octanol–water partition coefficient (Wildman–Crippen LogP) is 1.16. The van der Waals surface area contributed by atoms with E-state index in [1.807, 2.05) is 0 Å². The molecule has 76 valence electrons. The van der Waals surface area contributed by atoms with Crippen LogP contribution >= 0.6 is 0 Å². The first-order valence-corrected chi connectivity index (χ1v) is 5.12. The summed E-state index contributed by atoms with van der Waals surface area (Å²) in [7, 11) is 1.80. The van der Waals surface area contributed by atoms with Crippen molar-refractivity contribution < 1.29 is 9.90 Å². The standard InChI is InChI=1S/C10H19NO2/c1-11(10(13)8-12)9-6-4-2-3-5-7-9/h9,12H,2-8H2,1H3. The maximum atomic E-state index is 11.2. The van der Waals surface area contributed by atoms with Crippen LogP contribution in [-0.2, 0) is 4.79 Å². The highest BCUT2D eigenvalue weighted by atomic mass is 16.3. The lowest BCUT2D eigenvalue weighted by Crippen LogP contribution is -2.38. The predicted molar refractivity (Wildman–Crippen MR) is 51.3 cm³/mol. The normalized spacial score (nSPS) is 19.5. The summed E-state index contributed by atoms with van der Waals surface area (Å²) >= 11 is 0. The lowest BCUT2D eigenvalue weighted by Gasteiger charge is -2.26. The highest BCUT2D eigenvalue weighted by molar-refractivity contribution is 5.77. The van der Waals surface area contributed by atoms with E-state index in [9.17, 15) is 4.79 Å². The maximum Gasteiger partial charge on any atom is 0.248 e. The van der Waals surface area contributed by atoms with Gasteiger partial charge in [0.15, 0.2) is 0 Å². The van der Waals surface area contributed by atoms with E-state index in [2.05, 4.69) is 0 Å². The minimum Gasteiger partial charge on any atom is -0.387 e. The average molecular weight is 185 g/mol. The van der Waals surface area contributed by atoms with Crippen molar-refractivity contribution in [2.45, 2.75) is 44.6 Å².